The highest BCUT2D eigenvalue weighted by Gasteiger charge is 2.34. The first-order valence-corrected chi connectivity index (χ1v) is 7.01. The van der Waals surface area contributed by atoms with Crippen molar-refractivity contribution in [1.82, 2.24) is 4.90 Å². The number of carbonyl (C=O) groups is 1. The Labute approximate surface area is 102 Å². The van der Waals surface area contributed by atoms with Crippen molar-refractivity contribution in [2.45, 2.75) is 51.2 Å². The molecule has 1 aliphatic heterocycles. The van der Waals surface area contributed by atoms with Crippen LogP contribution < -0.4 is 0 Å². The van der Waals surface area contributed by atoms with Crippen LogP contribution >= 0.6 is 24.0 Å². The van der Waals surface area contributed by atoms with Crippen molar-refractivity contribution in [3.05, 3.63) is 0 Å². The molecule has 1 atom stereocenters. The van der Waals surface area contributed by atoms with Crippen LogP contribution in [0.2, 0.25) is 0 Å². The second-order valence-electron chi connectivity index (χ2n) is 3.80. The average Bonchev–Trinajstić information content (AvgIpc) is 2.49. The van der Waals surface area contributed by atoms with Crippen LogP contribution in [0, 0.1) is 0 Å². The number of unbranched alkanes of at least 4 members (excludes halogenated alkanes) is 3. The van der Waals surface area contributed by atoms with E-state index in [-0.39, 0.29) is 11.2 Å². The largest absolute Gasteiger partial charge is 0.297 e. The van der Waals surface area contributed by atoms with E-state index in [0.717, 1.165) is 23.7 Å². The Morgan fingerprint density at radius 2 is 2.07 bits per heavy atom. The second kappa shape index (κ2) is 6.48. The number of carbonyl (C=O) groups excluding carboxylic acids is 1. The Kier molecular flexibility index (Phi) is 5.61. The molecule has 0 spiro atoms. The van der Waals surface area contributed by atoms with Gasteiger partial charge in [0.05, 0.1) is 5.25 Å². The molecule has 0 aliphatic carbocycles. The SMILES string of the molecule is CCCCCCC1SC(=S)N(CC)C1=O. The molecule has 1 rings (SSSR count). The average molecular weight is 245 g/mol. The number of thioether (sulfide) groups is 1. The quantitative estimate of drug-likeness (QED) is 0.529. The molecule has 0 saturated carbocycles. The predicted molar refractivity (Wildman–Crippen MR) is 70.1 cm³/mol. The highest BCUT2D eigenvalue weighted by atomic mass is 32.2. The van der Waals surface area contributed by atoms with Gasteiger partial charge in [-0.3, -0.25) is 9.69 Å². The molecule has 0 aromatic heterocycles. The molecule has 0 N–H and O–H groups in total. The van der Waals surface area contributed by atoms with Crippen molar-refractivity contribution < 1.29 is 4.79 Å². The summed E-state index contributed by atoms with van der Waals surface area (Å²) in [6, 6.07) is 0. The van der Waals surface area contributed by atoms with E-state index in [9.17, 15) is 4.79 Å². The third-order valence-electron chi connectivity index (χ3n) is 2.64. The van der Waals surface area contributed by atoms with Gasteiger partial charge in [-0.25, -0.2) is 0 Å². The van der Waals surface area contributed by atoms with Gasteiger partial charge in [-0.05, 0) is 13.3 Å². The van der Waals surface area contributed by atoms with Crippen LogP contribution in [-0.2, 0) is 4.79 Å². The van der Waals surface area contributed by atoms with Crippen molar-refractivity contribution >= 4 is 34.2 Å². The molecule has 0 aromatic rings. The molecule has 2 nitrogen and oxygen atoms in total. The van der Waals surface area contributed by atoms with E-state index in [0.29, 0.717) is 0 Å². The molecule has 1 fully saturated rings. The summed E-state index contributed by atoms with van der Waals surface area (Å²) in [7, 11) is 0. The summed E-state index contributed by atoms with van der Waals surface area (Å²) in [5.41, 5.74) is 0. The number of hydrogen-bond acceptors (Lipinski definition) is 3. The Bertz CT molecular complexity index is 243. The molecule has 1 saturated heterocycles. The van der Waals surface area contributed by atoms with E-state index in [1.165, 1.54) is 19.3 Å². The van der Waals surface area contributed by atoms with Crippen molar-refractivity contribution in [1.29, 1.82) is 0 Å². The molecule has 86 valence electrons. The molecule has 0 radical (unpaired) electrons. The summed E-state index contributed by atoms with van der Waals surface area (Å²) < 4.78 is 0.767. The third-order valence-corrected chi connectivity index (χ3v) is 4.29. The molecule has 15 heavy (non-hydrogen) atoms. The van der Waals surface area contributed by atoms with Gasteiger partial charge < -0.3 is 0 Å². The molecule has 0 aromatic carbocycles. The predicted octanol–water partition coefficient (Wildman–Crippen LogP) is 3.21. The summed E-state index contributed by atoms with van der Waals surface area (Å²) >= 11 is 6.74. The molecule has 1 aliphatic rings. The molecular formula is C11H19NOS2. The van der Waals surface area contributed by atoms with Crippen molar-refractivity contribution in [2.24, 2.45) is 0 Å². The maximum atomic E-state index is 11.8. The summed E-state index contributed by atoms with van der Waals surface area (Å²) in [6.07, 6.45) is 5.88. The molecule has 4 heteroatoms. The smallest absolute Gasteiger partial charge is 0.241 e. The summed E-state index contributed by atoms with van der Waals surface area (Å²) in [4.78, 5) is 13.6. The minimum absolute atomic E-state index is 0.106. The van der Waals surface area contributed by atoms with Gasteiger partial charge in [0, 0.05) is 6.54 Å². The first-order chi connectivity index (χ1) is 7.20. The van der Waals surface area contributed by atoms with Crippen LogP contribution in [0.3, 0.4) is 0 Å². The standard InChI is InChI=1S/C11H19NOS2/c1-3-5-6-7-8-9-10(13)12(4-2)11(14)15-9/h9H,3-8H2,1-2H3. The lowest BCUT2D eigenvalue weighted by Crippen LogP contribution is -2.30. The van der Waals surface area contributed by atoms with Gasteiger partial charge in [-0.2, -0.15) is 0 Å². The van der Waals surface area contributed by atoms with Crippen LogP contribution in [0.5, 0.6) is 0 Å². The second-order valence-corrected chi connectivity index (χ2v) is 5.64. The minimum Gasteiger partial charge on any atom is -0.297 e. The Morgan fingerprint density at radius 1 is 1.33 bits per heavy atom. The van der Waals surface area contributed by atoms with E-state index in [1.54, 1.807) is 16.7 Å². The van der Waals surface area contributed by atoms with Crippen LogP contribution in [0.4, 0.5) is 0 Å². The summed E-state index contributed by atoms with van der Waals surface area (Å²) in [5.74, 6) is 0.226. The first-order valence-electron chi connectivity index (χ1n) is 5.72. The molecule has 1 heterocycles. The number of amides is 1. The zero-order valence-corrected chi connectivity index (χ0v) is 11.1. The van der Waals surface area contributed by atoms with E-state index in [1.807, 2.05) is 6.92 Å². The fourth-order valence-electron chi connectivity index (χ4n) is 1.72. The van der Waals surface area contributed by atoms with E-state index in [2.05, 4.69) is 6.92 Å². The highest BCUT2D eigenvalue weighted by Crippen LogP contribution is 2.30. The number of thiocarbonyl (C=S) groups is 1. The summed E-state index contributed by atoms with van der Waals surface area (Å²) in [6.45, 7) is 4.89. The highest BCUT2D eigenvalue weighted by molar-refractivity contribution is 8.24. The topological polar surface area (TPSA) is 20.3 Å². The van der Waals surface area contributed by atoms with Crippen LogP contribution in [-0.4, -0.2) is 26.9 Å². The maximum absolute atomic E-state index is 11.8. The van der Waals surface area contributed by atoms with Crippen LogP contribution in [0.25, 0.3) is 0 Å². The number of rotatable bonds is 6. The monoisotopic (exact) mass is 245 g/mol. The lowest BCUT2D eigenvalue weighted by atomic mass is 10.1. The van der Waals surface area contributed by atoms with E-state index in [4.69, 9.17) is 12.2 Å². The Morgan fingerprint density at radius 3 is 2.60 bits per heavy atom. The van der Waals surface area contributed by atoms with Crippen LogP contribution in [0.15, 0.2) is 0 Å². The Balaban J connectivity index is 2.32. The van der Waals surface area contributed by atoms with Crippen molar-refractivity contribution in [3.8, 4) is 0 Å². The molecule has 0 bridgehead atoms. The zero-order valence-electron chi connectivity index (χ0n) is 9.49. The fourth-order valence-corrected chi connectivity index (χ4v) is 3.39. The lowest BCUT2D eigenvalue weighted by Gasteiger charge is -2.11. The fraction of sp³-hybridized carbons (Fsp3) is 0.818. The zero-order chi connectivity index (χ0) is 11.3. The minimum atomic E-state index is 0.106. The van der Waals surface area contributed by atoms with Gasteiger partial charge in [0.25, 0.3) is 0 Å². The van der Waals surface area contributed by atoms with Crippen LogP contribution in [0.1, 0.15) is 46.0 Å². The molecule has 1 unspecified atom stereocenters. The van der Waals surface area contributed by atoms with E-state index < -0.39 is 0 Å². The van der Waals surface area contributed by atoms with Crippen molar-refractivity contribution in [3.63, 3.8) is 0 Å². The Hall–Kier alpha value is -0.0900. The van der Waals surface area contributed by atoms with Gasteiger partial charge in [-0.1, -0.05) is 56.6 Å². The van der Waals surface area contributed by atoms with E-state index >= 15 is 0 Å². The van der Waals surface area contributed by atoms with Gasteiger partial charge in [0.15, 0.2) is 0 Å². The normalized spacial score (nSPS) is 21.5. The number of hydrogen-bond donors (Lipinski definition) is 0. The lowest BCUT2D eigenvalue weighted by molar-refractivity contribution is -0.126. The molecule has 1 amide bonds. The van der Waals surface area contributed by atoms with Crippen molar-refractivity contribution in [2.75, 3.05) is 6.54 Å². The molecular weight excluding hydrogens is 226 g/mol. The van der Waals surface area contributed by atoms with Gasteiger partial charge in [0.2, 0.25) is 5.91 Å². The number of nitrogens with zero attached hydrogens (tertiary/aromatic N) is 1. The maximum Gasteiger partial charge on any atom is 0.241 e. The first kappa shape index (κ1) is 13.0. The van der Waals surface area contributed by atoms with Gasteiger partial charge >= 0.3 is 0 Å². The van der Waals surface area contributed by atoms with Gasteiger partial charge in [-0.15, -0.1) is 0 Å². The third kappa shape index (κ3) is 3.45. The van der Waals surface area contributed by atoms with Gasteiger partial charge in [0.1, 0.15) is 4.32 Å². The summed E-state index contributed by atoms with van der Waals surface area (Å²) in [5, 5.41) is 0.106.